The molecule has 0 unspecified atom stereocenters. The summed E-state index contributed by atoms with van der Waals surface area (Å²) >= 11 is 0. The van der Waals surface area contributed by atoms with Gasteiger partial charge in [-0.3, -0.25) is 0 Å². The van der Waals surface area contributed by atoms with Crippen LogP contribution in [0.5, 0.6) is 0 Å². The molecule has 17 heavy (non-hydrogen) atoms. The molecule has 1 rings (SSSR count). The number of ether oxygens (including phenoxy) is 1. The topological polar surface area (TPSA) is 82.3 Å². The van der Waals surface area contributed by atoms with E-state index in [9.17, 15) is 28.1 Å². The summed E-state index contributed by atoms with van der Waals surface area (Å²) in [6.07, 6.45) is -3.14. The van der Waals surface area contributed by atoms with E-state index in [1.54, 1.807) is 0 Å². The Morgan fingerprint density at radius 2 is 2.18 bits per heavy atom. The Kier molecular flexibility index (Phi) is 3.61. The first-order valence-corrected chi connectivity index (χ1v) is 4.09. The van der Waals surface area contributed by atoms with Crippen LogP contribution in [-0.2, 0) is 4.74 Å². The molecule has 0 radical (unpaired) electrons. The number of methoxy groups -OCH3 is 1. The van der Waals surface area contributed by atoms with Crippen molar-refractivity contribution in [2.75, 3.05) is 7.11 Å². The van der Waals surface area contributed by atoms with Crippen LogP contribution >= 0.6 is 0 Å². The summed E-state index contributed by atoms with van der Waals surface area (Å²) in [6, 6.07) is 0. The number of nitrogens with zero attached hydrogens (tertiary/aromatic N) is 2. The molecule has 0 aliphatic rings. The van der Waals surface area contributed by atoms with E-state index in [1.165, 1.54) is 0 Å². The second kappa shape index (κ2) is 4.76. The molecular formula is C8H5F3N2O4. The zero-order chi connectivity index (χ0) is 13.2. The zero-order valence-electron chi connectivity index (χ0n) is 8.32. The maximum absolute atomic E-state index is 13.1. The maximum Gasteiger partial charge on any atom is 0.378 e. The highest BCUT2D eigenvalue weighted by molar-refractivity contribution is 5.94. The fourth-order valence-corrected chi connectivity index (χ4v) is 1.15. The summed E-state index contributed by atoms with van der Waals surface area (Å²) in [5, 5.41) is 10.5. The normalized spacial score (nSPS) is 10.4. The van der Waals surface area contributed by atoms with Gasteiger partial charge in [-0.2, -0.15) is 0 Å². The molecule has 0 bridgehead atoms. The summed E-state index contributed by atoms with van der Waals surface area (Å²) in [5.41, 5.74) is -2.56. The molecule has 0 saturated heterocycles. The first kappa shape index (κ1) is 12.9. The van der Waals surface area contributed by atoms with Gasteiger partial charge < -0.3 is 14.9 Å². The average Bonchev–Trinajstić information content (AvgIpc) is 2.26. The minimum Gasteiger partial charge on any atom is -0.465 e. The average molecular weight is 250 g/mol. The summed E-state index contributed by atoms with van der Waals surface area (Å²) < 4.78 is 42.2. The Morgan fingerprint density at radius 1 is 1.59 bits per heavy atom. The number of alkyl halides is 2. The second-order valence-electron chi connectivity index (χ2n) is 2.77. The summed E-state index contributed by atoms with van der Waals surface area (Å²) in [6.45, 7) is 0. The number of carbonyl (C=O) groups is 1. The molecule has 0 aromatic carbocycles. The highest BCUT2D eigenvalue weighted by Gasteiger charge is 2.33. The van der Waals surface area contributed by atoms with Crippen LogP contribution in [0.15, 0.2) is 6.20 Å². The van der Waals surface area contributed by atoms with E-state index in [2.05, 4.69) is 9.72 Å². The van der Waals surface area contributed by atoms with Crippen LogP contribution in [0, 0.1) is 15.9 Å². The van der Waals surface area contributed by atoms with Crippen LogP contribution < -0.4 is 0 Å². The Morgan fingerprint density at radius 3 is 2.59 bits per heavy atom. The van der Waals surface area contributed by atoms with Crippen molar-refractivity contribution in [1.82, 2.24) is 4.98 Å². The molecule has 9 heteroatoms. The highest BCUT2D eigenvalue weighted by atomic mass is 19.3. The largest absolute Gasteiger partial charge is 0.465 e. The van der Waals surface area contributed by atoms with Crippen molar-refractivity contribution >= 4 is 11.8 Å². The third kappa shape index (κ3) is 2.32. The van der Waals surface area contributed by atoms with Crippen LogP contribution in [0.3, 0.4) is 0 Å². The maximum atomic E-state index is 13.1. The van der Waals surface area contributed by atoms with Crippen molar-refractivity contribution < 1.29 is 27.6 Å². The van der Waals surface area contributed by atoms with E-state index < -0.39 is 40.1 Å². The van der Waals surface area contributed by atoms with Crippen molar-refractivity contribution in [1.29, 1.82) is 0 Å². The van der Waals surface area contributed by atoms with E-state index >= 15 is 0 Å². The van der Waals surface area contributed by atoms with Crippen LogP contribution in [-0.4, -0.2) is 23.0 Å². The minimum absolute atomic E-state index is 0.256. The summed E-state index contributed by atoms with van der Waals surface area (Å²) in [4.78, 5) is 23.5. The lowest BCUT2D eigenvalue weighted by molar-refractivity contribution is -0.390. The van der Waals surface area contributed by atoms with Gasteiger partial charge >= 0.3 is 11.8 Å². The fraction of sp³-hybridized carbons (Fsp3) is 0.250. The van der Waals surface area contributed by atoms with Gasteiger partial charge in [0.2, 0.25) is 0 Å². The van der Waals surface area contributed by atoms with Crippen molar-refractivity contribution in [3.63, 3.8) is 0 Å². The zero-order valence-corrected chi connectivity index (χ0v) is 8.32. The molecular weight excluding hydrogens is 245 g/mol. The molecule has 0 atom stereocenters. The predicted octanol–water partition coefficient (Wildman–Crippen LogP) is 1.85. The number of nitro groups is 1. The number of rotatable bonds is 3. The number of pyridine rings is 1. The molecule has 6 nitrogen and oxygen atoms in total. The van der Waals surface area contributed by atoms with E-state index in [4.69, 9.17) is 0 Å². The smallest absolute Gasteiger partial charge is 0.378 e. The predicted molar refractivity (Wildman–Crippen MR) is 47.1 cm³/mol. The molecule has 1 heterocycles. The molecule has 92 valence electrons. The standard InChI is InChI=1S/C8H5F3N2O4/c1-17-8(14)5-4(6(10)11)3(9)2-12-7(5)13(15)16/h2,6H,1H3. The first-order valence-electron chi connectivity index (χ1n) is 4.09. The van der Waals surface area contributed by atoms with Crippen LogP contribution in [0.4, 0.5) is 19.0 Å². The van der Waals surface area contributed by atoms with Gasteiger partial charge in [0.05, 0.1) is 12.7 Å². The van der Waals surface area contributed by atoms with Crippen molar-refractivity contribution in [2.45, 2.75) is 6.43 Å². The van der Waals surface area contributed by atoms with Gasteiger partial charge in [0.1, 0.15) is 0 Å². The number of aromatic nitrogens is 1. The monoisotopic (exact) mass is 250 g/mol. The Hall–Kier alpha value is -2.19. The molecule has 0 amide bonds. The fourth-order valence-electron chi connectivity index (χ4n) is 1.15. The van der Waals surface area contributed by atoms with E-state index in [0.29, 0.717) is 0 Å². The van der Waals surface area contributed by atoms with Gasteiger partial charge in [-0.05, 0) is 9.91 Å². The lowest BCUT2D eigenvalue weighted by atomic mass is 10.1. The number of hydrogen-bond donors (Lipinski definition) is 0. The number of hydrogen-bond acceptors (Lipinski definition) is 5. The lowest BCUT2D eigenvalue weighted by Crippen LogP contribution is -2.13. The van der Waals surface area contributed by atoms with Gasteiger partial charge in [0, 0.05) is 0 Å². The third-order valence-electron chi connectivity index (χ3n) is 1.83. The highest BCUT2D eigenvalue weighted by Crippen LogP contribution is 2.30. The molecule has 0 aliphatic heterocycles. The third-order valence-corrected chi connectivity index (χ3v) is 1.83. The first-order chi connectivity index (χ1) is 7.90. The Balaban J connectivity index is 3.61. The SMILES string of the molecule is COC(=O)c1c([N+](=O)[O-])ncc(F)c1C(F)F. The minimum atomic E-state index is -3.40. The van der Waals surface area contributed by atoms with Crippen molar-refractivity contribution in [2.24, 2.45) is 0 Å². The van der Waals surface area contributed by atoms with Gasteiger partial charge in [-0.25, -0.2) is 18.0 Å². The van der Waals surface area contributed by atoms with Gasteiger partial charge in [0.25, 0.3) is 6.43 Å². The Labute approximate surface area is 92.2 Å². The lowest BCUT2D eigenvalue weighted by Gasteiger charge is -2.07. The van der Waals surface area contributed by atoms with Crippen LogP contribution in [0.2, 0.25) is 0 Å². The van der Waals surface area contributed by atoms with E-state index in [-0.39, 0.29) is 6.20 Å². The molecule has 0 spiro atoms. The number of halogens is 3. The van der Waals surface area contributed by atoms with Gasteiger partial charge in [0.15, 0.2) is 17.6 Å². The molecule has 1 aromatic heterocycles. The van der Waals surface area contributed by atoms with Gasteiger partial charge in [-0.1, -0.05) is 0 Å². The number of carbonyl (C=O) groups excluding carboxylic acids is 1. The van der Waals surface area contributed by atoms with Crippen molar-refractivity contribution in [3.05, 3.63) is 33.3 Å². The summed E-state index contributed by atoms with van der Waals surface area (Å²) in [7, 11) is 0.826. The number of esters is 1. The molecule has 0 aliphatic carbocycles. The molecule has 0 N–H and O–H groups in total. The van der Waals surface area contributed by atoms with E-state index in [1.807, 2.05) is 0 Å². The van der Waals surface area contributed by atoms with E-state index in [0.717, 1.165) is 7.11 Å². The molecule has 0 fully saturated rings. The Bertz CT molecular complexity index is 478. The quantitative estimate of drug-likeness (QED) is 0.464. The summed E-state index contributed by atoms with van der Waals surface area (Å²) in [5.74, 6) is -4.13. The second-order valence-corrected chi connectivity index (χ2v) is 2.77. The molecule has 0 saturated carbocycles. The van der Waals surface area contributed by atoms with Gasteiger partial charge in [-0.15, -0.1) is 0 Å². The van der Waals surface area contributed by atoms with Crippen LogP contribution in [0.25, 0.3) is 0 Å². The van der Waals surface area contributed by atoms with Crippen LogP contribution in [0.1, 0.15) is 22.3 Å². The molecule has 1 aromatic rings. The van der Waals surface area contributed by atoms with Crippen molar-refractivity contribution in [3.8, 4) is 0 Å².